The van der Waals surface area contributed by atoms with Crippen molar-refractivity contribution in [2.75, 3.05) is 0 Å². The first-order chi connectivity index (χ1) is 9.51. The predicted octanol–water partition coefficient (Wildman–Crippen LogP) is 4.53. The highest BCUT2D eigenvalue weighted by Crippen LogP contribution is 2.29. The molecule has 0 fully saturated rings. The Morgan fingerprint density at radius 1 is 1.20 bits per heavy atom. The van der Waals surface area contributed by atoms with Gasteiger partial charge in [0.1, 0.15) is 12.4 Å². The van der Waals surface area contributed by atoms with Gasteiger partial charge in [-0.2, -0.15) is 0 Å². The lowest BCUT2D eigenvalue weighted by molar-refractivity contribution is 0.301. The molecule has 20 heavy (non-hydrogen) atoms. The molecule has 0 saturated heterocycles. The van der Waals surface area contributed by atoms with Crippen LogP contribution in [0.3, 0.4) is 0 Å². The van der Waals surface area contributed by atoms with E-state index in [9.17, 15) is 0 Å². The molecule has 0 amide bonds. The van der Waals surface area contributed by atoms with E-state index in [1.807, 2.05) is 0 Å². The normalized spacial score (nSPS) is 11.1. The van der Waals surface area contributed by atoms with Crippen LogP contribution in [0.5, 0.6) is 5.75 Å². The third kappa shape index (κ3) is 3.41. The fourth-order valence-corrected chi connectivity index (χ4v) is 3.16. The highest BCUT2D eigenvalue weighted by atomic mass is 32.1. The number of aryl methyl sites for hydroxylation is 2. The second kappa shape index (κ2) is 6.42. The summed E-state index contributed by atoms with van der Waals surface area (Å²) in [4.78, 5) is 2.51. The van der Waals surface area contributed by atoms with Crippen LogP contribution in [0.25, 0.3) is 0 Å². The predicted molar refractivity (Wildman–Crippen MR) is 86.5 cm³/mol. The Kier molecular flexibility index (Phi) is 4.84. The minimum atomic E-state index is 0.466. The topological polar surface area (TPSA) is 35.2 Å². The van der Waals surface area contributed by atoms with Gasteiger partial charge in [0.2, 0.25) is 0 Å². The van der Waals surface area contributed by atoms with E-state index in [1.165, 1.54) is 26.4 Å². The Hall–Kier alpha value is -1.32. The molecule has 1 aromatic heterocycles. The van der Waals surface area contributed by atoms with Crippen molar-refractivity contribution in [2.45, 2.75) is 46.8 Å². The summed E-state index contributed by atoms with van der Waals surface area (Å²) >= 11 is 1.76. The van der Waals surface area contributed by atoms with Crippen LogP contribution in [-0.2, 0) is 13.2 Å². The van der Waals surface area contributed by atoms with E-state index in [4.69, 9.17) is 10.5 Å². The molecule has 0 radical (unpaired) electrons. The van der Waals surface area contributed by atoms with Crippen LogP contribution in [0.2, 0.25) is 0 Å². The van der Waals surface area contributed by atoms with E-state index in [1.54, 1.807) is 11.3 Å². The average Bonchev–Trinajstić information content (AvgIpc) is 2.76. The Balaban J connectivity index is 2.17. The van der Waals surface area contributed by atoms with Crippen molar-refractivity contribution < 1.29 is 4.74 Å². The molecule has 3 heteroatoms. The van der Waals surface area contributed by atoms with Gasteiger partial charge in [0, 0.05) is 21.9 Å². The summed E-state index contributed by atoms with van der Waals surface area (Å²) in [5.41, 5.74) is 9.43. The molecule has 2 rings (SSSR count). The van der Waals surface area contributed by atoms with Crippen LogP contribution >= 0.6 is 11.3 Å². The molecule has 0 bridgehead atoms. The van der Waals surface area contributed by atoms with Crippen molar-refractivity contribution in [1.29, 1.82) is 0 Å². The van der Waals surface area contributed by atoms with Crippen LogP contribution < -0.4 is 10.5 Å². The second-order valence-electron chi connectivity index (χ2n) is 5.48. The zero-order valence-corrected chi connectivity index (χ0v) is 13.5. The van der Waals surface area contributed by atoms with Gasteiger partial charge in [0.25, 0.3) is 0 Å². The minimum absolute atomic E-state index is 0.466. The van der Waals surface area contributed by atoms with Gasteiger partial charge in [-0.3, -0.25) is 0 Å². The maximum Gasteiger partial charge on any atom is 0.123 e. The summed E-state index contributed by atoms with van der Waals surface area (Å²) in [7, 11) is 0. The highest BCUT2D eigenvalue weighted by Gasteiger charge is 2.10. The van der Waals surface area contributed by atoms with E-state index in [-0.39, 0.29) is 0 Å². The smallest absolute Gasteiger partial charge is 0.123 e. The molecule has 0 atom stereocenters. The molecular weight excluding hydrogens is 266 g/mol. The van der Waals surface area contributed by atoms with Crippen LogP contribution in [0.4, 0.5) is 0 Å². The number of benzene rings is 1. The molecule has 2 nitrogen and oxygen atoms in total. The maximum absolute atomic E-state index is 6.07. The molecule has 0 saturated carbocycles. The molecule has 0 aliphatic heterocycles. The number of ether oxygens (including phenoxy) is 1. The average molecular weight is 289 g/mol. The van der Waals surface area contributed by atoms with Crippen molar-refractivity contribution in [2.24, 2.45) is 5.73 Å². The lowest BCUT2D eigenvalue weighted by Gasteiger charge is -2.14. The quantitative estimate of drug-likeness (QED) is 0.878. The molecule has 2 aromatic rings. The zero-order valence-electron chi connectivity index (χ0n) is 12.7. The maximum atomic E-state index is 6.07. The summed E-state index contributed by atoms with van der Waals surface area (Å²) in [5, 5.41) is 0. The van der Waals surface area contributed by atoms with Gasteiger partial charge in [-0.15, -0.1) is 11.3 Å². The Morgan fingerprint density at radius 3 is 2.55 bits per heavy atom. The van der Waals surface area contributed by atoms with Crippen LogP contribution in [-0.4, -0.2) is 0 Å². The van der Waals surface area contributed by atoms with E-state index >= 15 is 0 Å². The summed E-state index contributed by atoms with van der Waals surface area (Å²) in [6.07, 6.45) is 0. The fraction of sp³-hybridized carbons (Fsp3) is 0.412. The number of thiophene rings is 1. The third-order valence-corrected chi connectivity index (χ3v) is 4.56. The Morgan fingerprint density at radius 2 is 1.95 bits per heavy atom. The van der Waals surface area contributed by atoms with Gasteiger partial charge in [-0.25, -0.2) is 0 Å². The van der Waals surface area contributed by atoms with Gasteiger partial charge in [0.05, 0.1) is 0 Å². The SMILES string of the molecule is Cc1ccc(C(C)C)c(OCc2cc(CN)sc2C)c1. The molecule has 0 unspecified atom stereocenters. The number of nitrogens with two attached hydrogens (primary N) is 1. The highest BCUT2D eigenvalue weighted by molar-refractivity contribution is 7.12. The first-order valence-electron chi connectivity index (χ1n) is 7.03. The largest absolute Gasteiger partial charge is 0.489 e. The van der Waals surface area contributed by atoms with E-state index < -0.39 is 0 Å². The van der Waals surface area contributed by atoms with Crippen molar-refractivity contribution in [3.8, 4) is 5.75 Å². The Labute approximate surface area is 125 Å². The van der Waals surface area contributed by atoms with Crippen molar-refractivity contribution in [1.82, 2.24) is 0 Å². The standard InChI is InChI=1S/C17H23NOS/c1-11(2)16-6-5-12(3)7-17(16)19-10-14-8-15(9-18)20-13(14)4/h5-8,11H,9-10,18H2,1-4H3. The monoisotopic (exact) mass is 289 g/mol. The van der Waals surface area contributed by atoms with E-state index in [2.05, 4.69) is 52.0 Å². The van der Waals surface area contributed by atoms with Gasteiger partial charge < -0.3 is 10.5 Å². The van der Waals surface area contributed by atoms with Crippen LogP contribution in [0.15, 0.2) is 24.3 Å². The molecule has 108 valence electrons. The molecule has 0 aliphatic rings. The summed E-state index contributed by atoms with van der Waals surface area (Å²) in [6.45, 7) is 9.83. The van der Waals surface area contributed by atoms with E-state index in [0.717, 1.165) is 5.75 Å². The lowest BCUT2D eigenvalue weighted by Crippen LogP contribution is -2.00. The molecule has 1 heterocycles. The Bertz CT molecular complexity index is 587. The number of rotatable bonds is 5. The van der Waals surface area contributed by atoms with Crippen molar-refractivity contribution in [3.05, 3.63) is 50.7 Å². The molecular formula is C17H23NOS. The van der Waals surface area contributed by atoms with Crippen LogP contribution in [0.1, 0.15) is 46.2 Å². The van der Waals surface area contributed by atoms with Crippen molar-refractivity contribution >= 4 is 11.3 Å². The number of hydrogen-bond donors (Lipinski definition) is 1. The number of hydrogen-bond acceptors (Lipinski definition) is 3. The zero-order chi connectivity index (χ0) is 14.7. The lowest BCUT2D eigenvalue weighted by atomic mass is 10.0. The second-order valence-corrected chi connectivity index (χ2v) is 6.82. The molecule has 0 spiro atoms. The van der Waals surface area contributed by atoms with Crippen LogP contribution in [0, 0.1) is 13.8 Å². The van der Waals surface area contributed by atoms with Gasteiger partial charge in [0.15, 0.2) is 0 Å². The molecule has 1 aromatic carbocycles. The van der Waals surface area contributed by atoms with Gasteiger partial charge in [-0.1, -0.05) is 26.0 Å². The first-order valence-corrected chi connectivity index (χ1v) is 7.84. The molecule has 0 aliphatic carbocycles. The van der Waals surface area contributed by atoms with Crippen molar-refractivity contribution in [3.63, 3.8) is 0 Å². The first kappa shape index (κ1) is 15.1. The summed E-state index contributed by atoms with van der Waals surface area (Å²) in [6, 6.07) is 8.59. The summed E-state index contributed by atoms with van der Waals surface area (Å²) < 4.78 is 6.07. The van der Waals surface area contributed by atoms with E-state index in [0.29, 0.717) is 19.1 Å². The van der Waals surface area contributed by atoms with Gasteiger partial charge in [-0.05, 0) is 43.0 Å². The third-order valence-electron chi connectivity index (χ3n) is 3.45. The summed E-state index contributed by atoms with van der Waals surface area (Å²) in [5.74, 6) is 1.47. The fourth-order valence-electron chi connectivity index (χ4n) is 2.23. The molecule has 2 N–H and O–H groups in total. The van der Waals surface area contributed by atoms with Gasteiger partial charge >= 0.3 is 0 Å². The minimum Gasteiger partial charge on any atom is -0.489 e.